The van der Waals surface area contributed by atoms with E-state index in [1.54, 1.807) is 4.68 Å². The normalized spacial score (nSPS) is 10.8. The summed E-state index contributed by atoms with van der Waals surface area (Å²) < 4.78 is 7.79. The number of rotatable bonds is 7. The van der Waals surface area contributed by atoms with Crippen LogP contribution in [0.1, 0.15) is 20.3 Å². The van der Waals surface area contributed by atoms with Gasteiger partial charge in [-0.05, 0) is 12.3 Å². The summed E-state index contributed by atoms with van der Waals surface area (Å²) in [6.07, 6.45) is 4.11. The monoisotopic (exact) mass is 411 g/mol. The molecule has 2 N–H and O–H groups in total. The number of carboxylic acids is 2. The number of aromatic nitrogens is 3. The first kappa shape index (κ1) is 22.6. The lowest BCUT2D eigenvalue weighted by Gasteiger charge is -2.10. The molecule has 0 fully saturated rings. The Morgan fingerprint density at radius 2 is 1.77 bits per heavy atom. The van der Waals surface area contributed by atoms with Crippen molar-refractivity contribution in [2.24, 2.45) is 13.0 Å². The second kappa shape index (κ2) is 10.8. The summed E-state index contributed by atoms with van der Waals surface area (Å²) in [6, 6.07) is 12.1. The number of pyridine rings is 1. The number of carboxylic acid groups (broad SMARTS) is 2. The van der Waals surface area contributed by atoms with Crippen LogP contribution in [0, 0.1) is 5.92 Å². The molecule has 0 aliphatic heterocycles. The van der Waals surface area contributed by atoms with Gasteiger partial charge in [0.25, 0.3) is 0 Å². The Kier molecular flexibility index (Phi) is 8.10. The van der Waals surface area contributed by atoms with Gasteiger partial charge in [-0.1, -0.05) is 44.2 Å². The number of hydrogen-bond acceptors (Lipinski definition) is 5. The Hall–Kier alpha value is -3.68. The Morgan fingerprint density at radius 3 is 2.33 bits per heavy atom. The highest BCUT2D eigenvalue weighted by Gasteiger charge is 2.12. The van der Waals surface area contributed by atoms with Crippen molar-refractivity contribution in [1.82, 2.24) is 14.8 Å². The van der Waals surface area contributed by atoms with Crippen LogP contribution in [-0.2, 0) is 16.6 Å². The third-order valence-electron chi connectivity index (χ3n) is 3.96. The molecular formula is C22H25N3O5. The molecule has 0 aliphatic carbocycles. The molecule has 3 aromatic rings. The fourth-order valence-corrected chi connectivity index (χ4v) is 2.50. The van der Waals surface area contributed by atoms with Crippen LogP contribution < -0.4 is 4.74 Å². The number of aliphatic carboxylic acids is 2. The highest BCUT2D eigenvalue weighted by Crippen LogP contribution is 2.29. The minimum atomic E-state index is -1.26. The van der Waals surface area contributed by atoms with Crippen LogP contribution in [0.15, 0.2) is 54.7 Å². The van der Waals surface area contributed by atoms with Gasteiger partial charge in [-0.25, -0.2) is 14.6 Å². The zero-order valence-electron chi connectivity index (χ0n) is 17.1. The molecular weight excluding hydrogens is 386 g/mol. The maximum Gasteiger partial charge on any atom is 0.328 e. The van der Waals surface area contributed by atoms with Crippen molar-refractivity contribution in [2.75, 3.05) is 6.61 Å². The van der Waals surface area contributed by atoms with Gasteiger partial charge in [0, 0.05) is 37.0 Å². The Morgan fingerprint density at radius 1 is 1.13 bits per heavy atom. The first-order chi connectivity index (χ1) is 14.3. The molecule has 0 saturated heterocycles. The van der Waals surface area contributed by atoms with Crippen LogP contribution in [0.3, 0.4) is 0 Å². The zero-order valence-corrected chi connectivity index (χ0v) is 17.1. The molecule has 2 aromatic heterocycles. The summed E-state index contributed by atoms with van der Waals surface area (Å²) in [4.78, 5) is 23.8. The van der Waals surface area contributed by atoms with Crippen molar-refractivity contribution in [2.45, 2.75) is 20.3 Å². The summed E-state index contributed by atoms with van der Waals surface area (Å²) in [5.74, 6) is -1.03. The van der Waals surface area contributed by atoms with Gasteiger partial charge in [-0.2, -0.15) is 5.10 Å². The lowest BCUT2D eigenvalue weighted by atomic mass is 10.1. The maximum absolute atomic E-state index is 9.55. The van der Waals surface area contributed by atoms with E-state index in [0.717, 1.165) is 34.5 Å². The van der Waals surface area contributed by atoms with Gasteiger partial charge < -0.3 is 14.9 Å². The molecule has 8 nitrogen and oxygen atoms in total. The van der Waals surface area contributed by atoms with E-state index < -0.39 is 11.9 Å². The van der Waals surface area contributed by atoms with Gasteiger partial charge in [-0.15, -0.1) is 0 Å². The predicted octanol–water partition coefficient (Wildman–Crippen LogP) is 3.77. The fourth-order valence-electron chi connectivity index (χ4n) is 2.50. The zero-order chi connectivity index (χ0) is 22.1. The van der Waals surface area contributed by atoms with E-state index >= 15 is 0 Å². The molecule has 0 amide bonds. The van der Waals surface area contributed by atoms with Gasteiger partial charge in [-0.3, -0.25) is 4.68 Å². The van der Waals surface area contributed by atoms with Crippen molar-refractivity contribution in [3.63, 3.8) is 0 Å². The van der Waals surface area contributed by atoms with Gasteiger partial charge in [0.1, 0.15) is 5.75 Å². The number of benzene rings is 1. The van der Waals surface area contributed by atoms with E-state index in [9.17, 15) is 9.59 Å². The minimum absolute atomic E-state index is 0.558. The first-order valence-corrected chi connectivity index (χ1v) is 9.42. The van der Waals surface area contributed by atoms with Crippen molar-refractivity contribution in [3.8, 4) is 17.0 Å². The van der Waals surface area contributed by atoms with Crippen LogP contribution in [0.5, 0.6) is 5.75 Å². The van der Waals surface area contributed by atoms with E-state index in [1.165, 1.54) is 0 Å². The van der Waals surface area contributed by atoms with E-state index in [2.05, 4.69) is 36.1 Å². The third kappa shape index (κ3) is 7.05. The van der Waals surface area contributed by atoms with Crippen molar-refractivity contribution in [3.05, 3.63) is 54.7 Å². The standard InChI is InChI=1S/C18H21N3O.C4H4O4/c1-13(2)9-10-22-17-11-16(14-7-5-4-6-8-14)19-18-15(17)12-21(3)20-18;5-3(6)1-2-4(7)8/h4-8,11-13H,9-10H2,1-3H3;1-2H,(H,5,6)(H,7,8)/b;2-1-. The molecule has 0 radical (unpaired) electrons. The van der Waals surface area contributed by atoms with Crippen molar-refractivity contribution < 1.29 is 24.5 Å². The molecule has 2 heterocycles. The largest absolute Gasteiger partial charge is 0.493 e. The number of fused-ring (bicyclic) bond motifs is 1. The molecule has 0 atom stereocenters. The predicted molar refractivity (Wildman–Crippen MR) is 113 cm³/mol. The average Bonchev–Trinajstić information content (AvgIpc) is 3.07. The van der Waals surface area contributed by atoms with Gasteiger partial charge >= 0.3 is 11.9 Å². The molecule has 158 valence electrons. The number of aryl methyl sites for hydroxylation is 1. The highest BCUT2D eigenvalue weighted by molar-refractivity contribution is 5.89. The second-order valence-electron chi connectivity index (χ2n) is 6.95. The Labute approximate surface area is 174 Å². The second-order valence-corrected chi connectivity index (χ2v) is 6.95. The van der Waals surface area contributed by atoms with Crippen LogP contribution >= 0.6 is 0 Å². The summed E-state index contributed by atoms with van der Waals surface area (Å²) in [5, 5.41) is 21.0. The summed E-state index contributed by atoms with van der Waals surface area (Å²) in [6.45, 7) is 5.11. The van der Waals surface area contributed by atoms with E-state index in [0.29, 0.717) is 24.7 Å². The SMILES string of the molecule is CC(C)CCOc1cc(-c2ccccc2)nc2nn(C)cc12.O=C(O)/C=C\C(=O)O. The lowest BCUT2D eigenvalue weighted by molar-refractivity contribution is -0.134. The van der Waals surface area contributed by atoms with Crippen LogP contribution in [0.4, 0.5) is 0 Å². The van der Waals surface area contributed by atoms with Crippen LogP contribution in [0.2, 0.25) is 0 Å². The number of nitrogens with zero attached hydrogens (tertiary/aromatic N) is 3. The molecule has 0 unspecified atom stereocenters. The molecule has 0 aliphatic rings. The lowest BCUT2D eigenvalue weighted by Crippen LogP contribution is -2.02. The van der Waals surface area contributed by atoms with Gasteiger partial charge in [0.15, 0.2) is 5.65 Å². The quantitative estimate of drug-likeness (QED) is 0.569. The smallest absolute Gasteiger partial charge is 0.328 e. The number of hydrogen-bond donors (Lipinski definition) is 2. The van der Waals surface area contributed by atoms with Crippen LogP contribution in [-0.4, -0.2) is 43.5 Å². The van der Waals surface area contributed by atoms with E-state index in [4.69, 9.17) is 14.9 Å². The fraction of sp³-hybridized carbons (Fsp3) is 0.273. The third-order valence-corrected chi connectivity index (χ3v) is 3.96. The van der Waals surface area contributed by atoms with Gasteiger partial charge in [0.2, 0.25) is 0 Å². The topological polar surface area (TPSA) is 115 Å². The molecule has 0 bridgehead atoms. The number of carbonyl (C=O) groups is 2. The molecule has 0 spiro atoms. The molecule has 3 rings (SSSR count). The molecule has 0 saturated carbocycles. The maximum atomic E-state index is 9.55. The van der Waals surface area contributed by atoms with Gasteiger partial charge in [0.05, 0.1) is 17.7 Å². The number of ether oxygens (including phenoxy) is 1. The minimum Gasteiger partial charge on any atom is -0.493 e. The molecule has 8 heteroatoms. The van der Waals surface area contributed by atoms with Crippen molar-refractivity contribution in [1.29, 1.82) is 0 Å². The molecule has 1 aromatic carbocycles. The summed E-state index contributed by atoms with van der Waals surface area (Å²) >= 11 is 0. The Balaban J connectivity index is 0.000000343. The van der Waals surface area contributed by atoms with E-state index in [1.807, 2.05) is 37.5 Å². The summed E-state index contributed by atoms with van der Waals surface area (Å²) in [5.41, 5.74) is 2.69. The Bertz CT molecular complexity index is 1010. The molecule has 30 heavy (non-hydrogen) atoms. The van der Waals surface area contributed by atoms with Crippen LogP contribution in [0.25, 0.3) is 22.3 Å². The highest BCUT2D eigenvalue weighted by atomic mass is 16.5. The summed E-state index contributed by atoms with van der Waals surface area (Å²) in [7, 11) is 1.90. The van der Waals surface area contributed by atoms with Crippen molar-refractivity contribution >= 4 is 23.0 Å². The van der Waals surface area contributed by atoms with E-state index in [-0.39, 0.29) is 0 Å². The average molecular weight is 411 g/mol. The first-order valence-electron chi connectivity index (χ1n) is 9.42.